The molecule has 1 unspecified atom stereocenters. The van der Waals surface area contributed by atoms with Crippen molar-refractivity contribution in [2.75, 3.05) is 18.0 Å². The fraction of sp³-hybridized carbons (Fsp3) is 0.316. The lowest BCUT2D eigenvalue weighted by atomic mass is 10.1. The summed E-state index contributed by atoms with van der Waals surface area (Å²) in [6.07, 6.45) is -0.836. The van der Waals surface area contributed by atoms with Crippen LogP contribution in [0.3, 0.4) is 0 Å². The summed E-state index contributed by atoms with van der Waals surface area (Å²) in [6.45, 7) is 0.881. The Bertz CT molecular complexity index is 1040. The lowest BCUT2D eigenvalue weighted by Gasteiger charge is -2.34. The number of rotatable bonds is 3. The summed E-state index contributed by atoms with van der Waals surface area (Å²) in [5.41, 5.74) is 7.28. The van der Waals surface area contributed by atoms with Crippen molar-refractivity contribution < 1.29 is 13.2 Å². The smallest absolute Gasteiger partial charge is 0.206 e. The Balaban J connectivity index is 1.84. The van der Waals surface area contributed by atoms with Gasteiger partial charge in [-0.1, -0.05) is 23.2 Å². The van der Waals surface area contributed by atoms with Gasteiger partial charge in [0, 0.05) is 35.3 Å². The van der Waals surface area contributed by atoms with E-state index in [-0.39, 0.29) is 19.5 Å². The minimum absolute atomic E-state index is 0.237. The van der Waals surface area contributed by atoms with E-state index in [1.807, 2.05) is 4.90 Å². The van der Waals surface area contributed by atoms with E-state index in [0.717, 1.165) is 12.1 Å². The number of anilines is 1. The monoisotopic (exact) mass is 428 g/mol. The summed E-state index contributed by atoms with van der Waals surface area (Å²) in [4.78, 5) is 6.30. The molecule has 4 rings (SSSR count). The fourth-order valence-electron chi connectivity index (χ4n) is 3.47. The third kappa shape index (κ3) is 3.54. The van der Waals surface area contributed by atoms with Crippen LogP contribution in [0.5, 0.6) is 0 Å². The summed E-state index contributed by atoms with van der Waals surface area (Å²) in [5.74, 6) is -1.50. The molecule has 0 bridgehead atoms. The van der Waals surface area contributed by atoms with Crippen molar-refractivity contribution in [2.45, 2.75) is 25.2 Å². The van der Waals surface area contributed by atoms with Crippen LogP contribution in [0.25, 0.3) is 11.0 Å². The lowest BCUT2D eigenvalue weighted by Crippen LogP contribution is -2.50. The number of hydrogen-bond donors (Lipinski definition) is 1. The third-order valence-electron chi connectivity index (χ3n) is 4.96. The summed E-state index contributed by atoms with van der Waals surface area (Å²) < 4.78 is 43.2. The maximum absolute atomic E-state index is 13.9. The van der Waals surface area contributed by atoms with Gasteiger partial charge in [0.05, 0.1) is 23.6 Å². The lowest BCUT2D eigenvalue weighted by molar-refractivity contribution is 0.243. The largest absolute Gasteiger partial charge is 0.340 e. The number of hydrogen-bond acceptors (Lipinski definition) is 3. The minimum atomic E-state index is -1.09. The number of benzene rings is 2. The topological polar surface area (TPSA) is 47.1 Å². The second-order valence-electron chi connectivity index (χ2n) is 6.90. The van der Waals surface area contributed by atoms with Crippen molar-refractivity contribution in [3.05, 3.63) is 57.6 Å². The van der Waals surface area contributed by atoms with Gasteiger partial charge in [-0.25, -0.2) is 18.2 Å². The molecule has 3 aromatic rings. The minimum Gasteiger partial charge on any atom is -0.340 e. The number of aromatic nitrogens is 2. The van der Waals surface area contributed by atoms with Crippen LogP contribution in [-0.2, 0) is 6.54 Å². The van der Waals surface area contributed by atoms with Crippen LogP contribution in [0.1, 0.15) is 12.0 Å². The van der Waals surface area contributed by atoms with Crippen LogP contribution in [0, 0.1) is 11.6 Å². The molecule has 28 heavy (non-hydrogen) atoms. The van der Waals surface area contributed by atoms with E-state index in [4.69, 9.17) is 28.9 Å². The van der Waals surface area contributed by atoms with Gasteiger partial charge in [-0.05, 0) is 30.2 Å². The van der Waals surface area contributed by atoms with Crippen LogP contribution >= 0.6 is 23.2 Å². The maximum Gasteiger partial charge on any atom is 0.206 e. The zero-order chi connectivity index (χ0) is 20.0. The zero-order valence-corrected chi connectivity index (χ0v) is 16.2. The first kappa shape index (κ1) is 19.4. The van der Waals surface area contributed by atoms with Crippen molar-refractivity contribution in [1.29, 1.82) is 0 Å². The summed E-state index contributed by atoms with van der Waals surface area (Å²) in [5, 5.41) is 0.988. The van der Waals surface area contributed by atoms with E-state index in [1.54, 1.807) is 22.8 Å². The number of fused-ring (bicyclic) bond motifs is 1. The van der Waals surface area contributed by atoms with Gasteiger partial charge in [0.2, 0.25) is 5.95 Å². The van der Waals surface area contributed by atoms with Gasteiger partial charge in [-0.15, -0.1) is 0 Å². The Morgan fingerprint density at radius 3 is 2.64 bits per heavy atom. The van der Waals surface area contributed by atoms with Crippen LogP contribution in [0.15, 0.2) is 30.3 Å². The van der Waals surface area contributed by atoms with E-state index in [1.165, 1.54) is 0 Å². The molecule has 0 aliphatic carbocycles. The molecule has 2 N–H and O–H groups in total. The molecule has 1 aromatic heterocycles. The number of alkyl halides is 1. The fourth-order valence-corrected chi connectivity index (χ4v) is 3.85. The van der Waals surface area contributed by atoms with Crippen molar-refractivity contribution >= 4 is 40.2 Å². The van der Waals surface area contributed by atoms with Gasteiger partial charge in [0.15, 0.2) is 11.6 Å². The molecule has 1 fully saturated rings. The van der Waals surface area contributed by atoms with Gasteiger partial charge in [-0.2, -0.15) is 0 Å². The Hall–Kier alpha value is -1.96. The Kier molecular flexibility index (Phi) is 5.16. The highest BCUT2D eigenvalue weighted by Crippen LogP contribution is 2.30. The normalized spacial score (nSPS) is 20.1. The molecular formula is C19H17Cl2F3N4. The molecule has 9 heteroatoms. The molecule has 0 radical (unpaired) electrons. The third-order valence-corrected chi connectivity index (χ3v) is 5.56. The zero-order valence-electron chi connectivity index (χ0n) is 14.7. The predicted molar refractivity (Wildman–Crippen MR) is 105 cm³/mol. The Labute approximate surface area is 169 Å². The molecule has 1 saturated heterocycles. The highest BCUT2D eigenvalue weighted by atomic mass is 35.5. The van der Waals surface area contributed by atoms with Crippen molar-refractivity contribution in [1.82, 2.24) is 9.55 Å². The first-order valence-electron chi connectivity index (χ1n) is 8.77. The standard InChI is InChI=1S/C19H17Cl2F3N4/c20-11-1-2-12(21)10(5-11)8-28-18-7-15(24)14(23)6-17(18)26-19(28)27-4-3-13(22)16(25)9-27/h1-2,5-7,13,16H,3-4,8-9,25H2/t13?,16-/m1/s1. The average Bonchev–Trinajstić information content (AvgIpc) is 2.98. The van der Waals surface area contributed by atoms with E-state index < -0.39 is 23.8 Å². The quantitative estimate of drug-likeness (QED) is 0.665. The van der Waals surface area contributed by atoms with E-state index in [2.05, 4.69) is 4.98 Å². The molecule has 1 aliphatic rings. The SMILES string of the molecule is N[C@@H]1CN(c2nc3cc(F)c(F)cc3n2Cc2cc(Cl)ccc2Cl)CCC1F. The van der Waals surface area contributed by atoms with Gasteiger partial charge < -0.3 is 15.2 Å². The highest BCUT2D eigenvalue weighted by Gasteiger charge is 2.29. The molecule has 0 amide bonds. The van der Waals surface area contributed by atoms with Crippen molar-refractivity contribution in [2.24, 2.45) is 5.73 Å². The van der Waals surface area contributed by atoms with E-state index >= 15 is 0 Å². The highest BCUT2D eigenvalue weighted by molar-refractivity contribution is 6.33. The molecule has 4 nitrogen and oxygen atoms in total. The predicted octanol–water partition coefficient (Wildman–Crippen LogP) is 4.55. The molecule has 2 heterocycles. The second kappa shape index (κ2) is 7.46. The first-order chi connectivity index (χ1) is 13.3. The van der Waals surface area contributed by atoms with E-state index in [9.17, 15) is 13.2 Å². The summed E-state index contributed by atoms with van der Waals surface area (Å²) in [6, 6.07) is 6.53. The van der Waals surface area contributed by atoms with E-state index in [0.29, 0.717) is 39.1 Å². The summed E-state index contributed by atoms with van der Waals surface area (Å²) >= 11 is 12.4. The molecule has 0 spiro atoms. The Morgan fingerprint density at radius 2 is 1.89 bits per heavy atom. The number of piperidine rings is 1. The molecule has 148 valence electrons. The first-order valence-corrected chi connectivity index (χ1v) is 9.53. The number of halogens is 5. The number of nitrogens with two attached hydrogens (primary N) is 1. The van der Waals surface area contributed by atoms with Gasteiger partial charge in [0.25, 0.3) is 0 Å². The summed E-state index contributed by atoms with van der Waals surface area (Å²) in [7, 11) is 0. The molecular weight excluding hydrogens is 412 g/mol. The molecule has 2 atom stereocenters. The number of imidazole rings is 1. The van der Waals surface area contributed by atoms with Gasteiger partial charge in [0.1, 0.15) is 6.17 Å². The Morgan fingerprint density at radius 1 is 1.14 bits per heavy atom. The van der Waals surface area contributed by atoms with Crippen LogP contribution < -0.4 is 10.6 Å². The molecule has 1 aliphatic heterocycles. The van der Waals surface area contributed by atoms with Crippen molar-refractivity contribution in [3.8, 4) is 0 Å². The second-order valence-corrected chi connectivity index (χ2v) is 7.75. The number of nitrogens with zero attached hydrogens (tertiary/aromatic N) is 3. The average molecular weight is 429 g/mol. The van der Waals surface area contributed by atoms with Crippen LogP contribution in [-0.4, -0.2) is 34.9 Å². The van der Waals surface area contributed by atoms with Gasteiger partial charge >= 0.3 is 0 Å². The van der Waals surface area contributed by atoms with Gasteiger partial charge in [-0.3, -0.25) is 0 Å². The van der Waals surface area contributed by atoms with Crippen LogP contribution in [0.4, 0.5) is 19.1 Å². The van der Waals surface area contributed by atoms with Crippen molar-refractivity contribution in [3.63, 3.8) is 0 Å². The molecule has 0 saturated carbocycles. The maximum atomic E-state index is 13.9. The van der Waals surface area contributed by atoms with Crippen LogP contribution in [0.2, 0.25) is 10.0 Å². The molecule has 2 aromatic carbocycles.